The summed E-state index contributed by atoms with van der Waals surface area (Å²) in [6.07, 6.45) is -1.05. The first kappa shape index (κ1) is 18.2. The molecule has 1 aromatic heterocycles. The number of allylic oxidation sites excluding steroid dienone is 1. The van der Waals surface area contributed by atoms with E-state index in [0.717, 1.165) is 45.4 Å². The zero-order valence-electron chi connectivity index (χ0n) is 15.6. The van der Waals surface area contributed by atoms with Crippen LogP contribution >= 0.6 is 0 Å². The van der Waals surface area contributed by atoms with E-state index in [1.54, 1.807) is 0 Å². The van der Waals surface area contributed by atoms with E-state index < -0.39 is 17.5 Å². The van der Waals surface area contributed by atoms with Gasteiger partial charge < -0.3 is 10.1 Å². The number of nitrogens with one attached hydrogen (secondary N) is 2. The smallest absolute Gasteiger partial charge is 0.419 e. The average molecular weight is 405 g/mol. The summed E-state index contributed by atoms with van der Waals surface area (Å²) in [5.41, 5.74) is 4.21. The van der Waals surface area contributed by atoms with E-state index in [0.29, 0.717) is 11.1 Å². The highest BCUT2D eigenvalue weighted by molar-refractivity contribution is 6.24. The highest BCUT2D eigenvalue weighted by atomic mass is 19.4. The third-order valence-corrected chi connectivity index (χ3v) is 5.31. The lowest BCUT2D eigenvalue weighted by Gasteiger charge is -2.14. The van der Waals surface area contributed by atoms with Crippen molar-refractivity contribution in [3.63, 3.8) is 0 Å². The summed E-state index contributed by atoms with van der Waals surface area (Å²) in [6.45, 7) is 0. The molecule has 0 saturated heterocycles. The Morgan fingerprint density at radius 2 is 1.70 bits per heavy atom. The van der Waals surface area contributed by atoms with Gasteiger partial charge in [0.2, 0.25) is 5.69 Å². The standard InChI is InChI=1S/C24H15F3N2O/c25-24(26,27)19-11-14(9-10-22(19)30)23(17-12-28-20-7-3-1-5-15(17)20)18-13-29-21-8-4-2-6-16(18)21/h1-13,28,30H/p+1. The minimum Gasteiger partial charge on any atom is -0.507 e. The second-order valence-corrected chi connectivity index (χ2v) is 7.10. The van der Waals surface area contributed by atoms with Gasteiger partial charge in [0.05, 0.1) is 16.7 Å². The molecule has 1 aliphatic heterocycles. The van der Waals surface area contributed by atoms with E-state index in [4.69, 9.17) is 0 Å². The fourth-order valence-corrected chi connectivity index (χ4v) is 3.93. The Hall–Kier alpha value is -3.80. The highest BCUT2D eigenvalue weighted by Gasteiger charge is 2.35. The quantitative estimate of drug-likeness (QED) is 0.447. The van der Waals surface area contributed by atoms with Crippen LogP contribution < -0.4 is 4.99 Å². The van der Waals surface area contributed by atoms with Crippen molar-refractivity contribution < 1.29 is 23.3 Å². The summed E-state index contributed by atoms with van der Waals surface area (Å²) < 4.78 is 40.5. The first-order valence-corrected chi connectivity index (χ1v) is 9.34. The maximum Gasteiger partial charge on any atom is 0.419 e. The van der Waals surface area contributed by atoms with Crippen LogP contribution in [0.3, 0.4) is 0 Å². The van der Waals surface area contributed by atoms with Gasteiger partial charge in [0.15, 0.2) is 6.21 Å². The third kappa shape index (κ3) is 2.88. The van der Waals surface area contributed by atoms with E-state index in [1.807, 2.05) is 60.9 Å². The lowest BCUT2D eigenvalue weighted by molar-refractivity contribution is -0.342. The predicted octanol–water partition coefficient (Wildman–Crippen LogP) is 4.65. The van der Waals surface area contributed by atoms with Gasteiger partial charge in [-0.05, 0) is 29.8 Å². The van der Waals surface area contributed by atoms with Gasteiger partial charge in [0.25, 0.3) is 0 Å². The minimum absolute atomic E-state index is 0.370. The molecule has 6 heteroatoms. The number of aromatic amines is 1. The van der Waals surface area contributed by atoms with Gasteiger partial charge in [0, 0.05) is 34.3 Å². The van der Waals surface area contributed by atoms with Crippen LogP contribution in [-0.4, -0.2) is 16.3 Å². The summed E-state index contributed by atoms with van der Waals surface area (Å²) in [4.78, 5) is 6.40. The number of hydrogen-bond donors (Lipinski definition) is 3. The SMILES string of the molecule is Oc1ccc(C(=C2C=[NH+]c3ccccc32)c2c[nH]c3ccccc23)cc1C(F)(F)F. The molecule has 0 fully saturated rings. The fraction of sp³-hybridized carbons (Fsp3) is 0.0417. The molecule has 0 unspecified atom stereocenters. The summed E-state index contributed by atoms with van der Waals surface area (Å²) >= 11 is 0. The van der Waals surface area contributed by atoms with Crippen molar-refractivity contribution >= 4 is 34.0 Å². The number of aromatic hydroxyl groups is 1. The van der Waals surface area contributed by atoms with Crippen LogP contribution in [0.15, 0.2) is 72.9 Å². The fourth-order valence-electron chi connectivity index (χ4n) is 3.93. The highest BCUT2D eigenvalue weighted by Crippen LogP contribution is 2.42. The van der Waals surface area contributed by atoms with Gasteiger partial charge in [-0.1, -0.05) is 36.4 Å². The van der Waals surface area contributed by atoms with Crippen LogP contribution in [-0.2, 0) is 6.18 Å². The zero-order valence-corrected chi connectivity index (χ0v) is 15.6. The molecule has 3 N–H and O–H groups in total. The summed E-state index contributed by atoms with van der Waals surface area (Å²) in [5, 5.41) is 10.7. The Labute approximate surface area is 169 Å². The number of aromatic nitrogens is 1. The lowest BCUT2D eigenvalue weighted by Crippen LogP contribution is -2.58. The van der Waals surface area contributed by atoms with E-state index in [9.17, 15) is 18.3 Å². The molecule has 0 saturated carbocycles. The average Bonchev–Trinajstić information content (AvgIpc) is 3.34. The molecule has 30 heavy (non-hydrogen) atoms. The minimum atomic E-state index is -4.66. The topological polar surface area (TPSA) is 50.0 Å². The number of fused-ring (bicyclic) bond motifs is 2. The van der Waals surface area contributed by atoms with E-state index in [1.165, 1.54) is 6.07 Å². The summed E-state index contributed by atoms with van der Waals surface area (Å²) in [6, 6.07) is 18.9. The second-order valence-electron chi connectivity index (χ2n) is 7.10. The van der Waals surface area contributed by atoms with Crippen LogP contribution in [0.4, 0.5) is 18.9 Å². The first-order chi connectivity index (χ1) is 14.4. The normalized spacial score (nSPS) is 14.9. The van der Waals surface area contributed by atoms with Crippen molar-refractivity contribution in [2.24, 2.45) is 0 Å². The molecular formula is C24H16F3N2O+. The Morgan fingerprint density at radius 3 is 2.53 bits per heavy atom. The van der Waals surface area contributed by atoms with Crippen molar-refractivity contribution in [1.29, 1.82) is 0 Å². The molecule has 5 rings (SSSR count). The molecule has 1 aliphatic rings. The molecule has 3 aromatic carbocycles. The monoisotopic (exact) mass is 405 g/mol. The van der Waals surface area contributed by atoms with Gasteiger partial charge in [-0.3, -0.25) is 0 Å². The van der Waals surface area contributed by atoms with Crippen molar-refractivity contribution in [1.82, 2.24) is 4.98 Å². The molecule has 0 radical (unpaired) electrons. The number of hydrogen-bond acceptors (Lipinski definition) is 1. The third-order valence-electron chi connectivity index (χ3n) is 5.31. The molecule has 4 aromatic rings. The molecule has 0 spiro atoms. The second kappa shape index (κ2) is 6.62. The van der Waals surface area contributed by atoms with E-state index in [-0.39, 0.29) is 0 Å². The summed E-state index contributed by atoms with van der Waals surface area (Å²) in [5.74, 6) is -0.788. The van der Waals surface area contributed by atoms with Crippen molar-refractivity contribution in [3.05, 3.63) is 95.2 Å². The number of rotatable bonds is 2. The van der Waals surface area contributed by atoms with E-state index >= 15 is 0 Å². The largest absolute Gasteiger partial charge is 0.507 e. The van der Waals surface area contributed by atoms with E-state index in [2.05, 4.69) is 9.98 Å². The number of phenolic OH excluding ortho intramolecular Hbond substituents is 1. The zero-order chi connectivity index (χ0) is 20.9. The maximum absolute atomic E-state index is 13.5. The molecule has 0 aliphatic carbocycles. The molecule has 0 atom stereocenters. The molecule has 0 amide bonds. The number of halogens is 3. The Kier molecular flexibility index (Phi) is 4.03. The van der Waals surface area contributed by atoms with Gasteiger partial charge in [-0.2, -0.15) is 13.2 Å². The van der Waals surface area contributed by atoms with Crippen LogP contribution in [0.5, 0.6) is 5.75 Å². The molecule has 0 bridgehead atoms. The van der Waals surface area contributed by atoms with Crippen molar-refractivity contribution in [2.45, 2.75) is 6.18 Å². The van der Waals surface area contributed by atoms with Gasteiger partial charge in [-0.25, -0.2) is 4.99 Å². The predicted molar refractivity (Wildman–Crippen MR) is 110 cm³/mol. The molecule has 148 valence electrons. The van der Waals surface area contributed by atoms with Crippen LogP contribution in [0.2, 0.25) is 0 Å². The number of phenols is 1. The number of para-hydroxylation sites is 2. The van der Waals surface area contributed by atoms with Gasteiger partial charge in [0.1, 0.15) is 5.75 Å². The molecular weight excluding hydrogens is 389 g/mol. The number of H-pyrrole nitrogens is 1. The molecule has 2 heterocycles. The van der Waals surface area contributed by atoms with Gasteiger partial charge >= 0.3 is 6.18 Å². The Balaban J connectivity index is 1.85. The molecule has 3 nitrogen and oxygen atoms in total. The van der Waals surface area contributed by atoms with Crippen LogP contribution in [0.25, 0.3) is 22.0 Å². The lowest BCUT2D eigenvalue weighted by atomic mass is 9.89. The van der Waals surface area contributed by atoms with Crippen LogP contribution in [0.1, 0.15) is 22.3 Å². The maximum atomic E-state index is 13.5. The first-order valence-electron chi connectivity index (χ1n) is 9.34. The number of benzene rings is 3. The van der Waals surface area contributed by atoms with Crippen LogP contribution in [0, 0.1) is 0 Å². The number of alkyl halides is 3. The van der Waals surface area contributed by atoms with Crippen molar-refractivity contribution in [2.75, 3.05) is 0 Å². The summed E-state index contributed by atoms with van der Waals surface area (Å²) in [7, 11) is 0. The van der Waals surface area contributed by atoms with Gasteiger partial charge in [-0.15, -0.1) is 0 Å². The Morgan fingerprint density at radius 1 is 0.933 bits per heavy atom. The Bertz CT molecular complexity index is 1350. The van der Waals surface area contributed by atoms with Crippen molar-refractivity contribution in [3.8, 4) is 5.75 Å².